The van der Waals surface area contributed by atoms with Gasteiger partial charge in [-0.05, 0) is 25.8 Å². The van der Waals surface area contributed by atoms with Crippen LogP contribution in [0.2, 0.25) is 0 Å². The first kappa shape index (κ1) is 14.1. The fraction of sp³-hybridized carbons (Fsp3) is 0.562. The number of carbonyl (C=O) groups excluding carboxylic acids is 1. The smallest absolute Gasteiger partial charge is 0.157 e. The van der Waals surface area contributed by atoms with E-state index in [2.05, 4.69) is 0 Å². The van der Waals surface area contributed by atoms with Crippen molar-refractivity contribution in [3.63, 3.8) is 0 Å². The fourth-order valence-electron chi connectivity index (χ4n) is 2.86. The normalized spacial score (nSPS) is 18.1. The number of rotatable bonds is 4. The van der Waals surface area contributed by atoms with Gasteiger partial charge in [0.1, 0.15) is 5.75 Å². The second kappa shape index (κ2) is 5.74. The molecule has 2 rings (SSSR count). The fourth-order valence-corrected chi connectivity index (χ4v) is 2.86. The number of ketones is 1. The lowest BCUT2D eigenvalue weighted by molar-refractivity contribution is -0.124. The number of hydrogen-bond acceptors (Lipinski definition) is 3. The molecule has 3 heteroatoms. The second-order valence-electron chi connectivity index (χ2n) is 5.63. The summed E-state index contributed by atoms with van der Waals surface area (Å²) in [5.74, 6) is 0.925. The Morgan fingerprint density at radius 2 is 2.00 bits per heavy atom. The minimum atomic E-state index is -0.618. The average molecular weight is 261 g/mol. The second-order valence-corrected chi connectivity index (χ2v) is 5.63. The van der Waals surface area contributed by atoms with Crippen molar-refractivity contribution in [2.45, 2.75) is 51.0 Å². The van der Waals surface area contributed by atoms with Gasteiger partial charge >= 0.3 is 0 Å². The standard InChI is InChI=1S/C16H23NO2/c1-12-6-7-14(19-2)13(10-12)11-15(18)16(17)8-4-3-5-9-16/h6-7,10H,3-5,8-9,11,17H2,1-2H3. The minimum absolute atomic E-state index is 0.149. The zero-order valence-electron chi connectivity index (χ0n) is 11.9. The lowest BCUT2D eigenvalue weighted by atomic mass is 9.77. The zero-order chi connectivity index (χ0) is 13.9. The molecule has 0 unspecified atom stereocenters. The number of methoxy groups -OCH3 is 1. The van der Waals surface area contributed by atoms with Gasteiger partial charge in [0.2, 0.25) is 0 Å². The molecule has 1 aromatic carbocycles. The van der Waals surface area contributed by atoms with Gasteiger partial charge in [0.25, 0.3) is 0 Å². The summed E-state index contributed by atoms with van der Waals surface area (Å²) in [5.41, 5.74) is 7.76. The predicted molar refractivity (Wildman–Crippen MR) is 76.4 cm³/mol. The highest BCUT2D eigenvalue weighted by Gasteiger charge is 2.35. The van der Waals surface area contributed by atoms with E-state index in [9.17, 15) is 4.79 Å². The van der Waals surface area contributed by atoms with Crippen LogP contribution in [0, 0.1) is 6.92 Å². The van der Waals surface area contributed by atoms with Crippen LogP contribution >= 0.6 is 0 Å². The van der Waals surface area contributed by atoms with Crippen LogP contribution in [0.25, 0.3) is 0 Å². The monoisotopic (exact) mass is 261 g/mol. The van der Waals surface area contributed by atoms with Crippen molar-refractivity contribution in [2.75, 3.05) is 7.11 Å². The average Bonchev–Trinajstić information content (AvgIpc) is 2.40. The molecule has 0 atom stereocenters. The third kappa shape index (κ3) is 3.16. The third-order valence-corrected chi connectivity index (χ3v) is 4.09. The van der Waals surface area contributed by atoms with Crippen LogP contribution in [0.1, 0.15) is 43.2 Å². The Morgan fingerprint density at radius 3 is 2.63 bits per heavy atom. The van der Waals surface area contributed by atoms with Crippen molar-refractivity contribution in [1.82, 2.24) is 0 Å². The van der Waals surface area contributed by atoms with Gasteiger partial charge < -0.3 is 10.5 Å². The Balaban J connectivity index is 2.16. The summed E-state index contributed by atoms with van der Waals surface area (Å²) in [6.45, 7) is 2.02. The van der Waals surface area contributed by atoms with Crippen molar-refractivity contribution >= 4 is 5.78 Å². The largest absolute Gasteiger partial charge is 0.496 e. The van der Waals surface area contributed by atoms with Gasteiger partial charge in [-0.15, -0.1) is 0 Å². The SMILES string of the molecule is COc1ccc(C)cc1CC(=O)C1(N)CCCCC1. The van der Waals surface area contributed by atoms with E-state index >= 15 is 0 Å². The molecular formula is C16H23NO2. The maximum absolute atomic E-state index is 12.5. The molecule has 0 spiro atoms. The van der Waals surface area contributed by atoms with Gasteiger partial charge in [0.15, 0.2) is 5.78 Å². The molecule has 0 amide bonds. The number of ether oxygens (including phenoxy) is 1. The van der Waals surface area contributed by atoms with Gasteiger partial charge in [0, 0.05) is 12.0 Å². The summed E-state index contributed by atoms with van der Waals surface area (Å²) < 4.78 is 5.33. The van der Waals surface area contributed by atoms with E-state index in [0.29, 0.717) is 6.42 Å². The summed E-state index contributed by atoms with van der Waals surface area (Å²) in [4.78, 5) is 12.5. The van der Waals surface area contributed by atoms with Crippen LogP contribution in [0.4, 0.5) is 0 Å². The number of benzene rings is 1. The van der Waals surface area contributed by atoms with E-state index in [0.717, 1.165) is 42.6 Å². The van der Waals surface area contributed by atoms with Crippen molar-refractivity contribution in [1.29, 1.82) is 0 Å². The van der Waals surface area contributed by atoms with Crippen LogP contribution in [0.3, 0.4) is 0 Å². The molecule has 0 radical (unpaired) electrons. The van der Waals surface area contributed by atoms with Crippen LogP contribution in [0.15, 0.2) is 18.2 Å². The molecule has 0 aromatic heterocycles. The highest BCUT2D eigenvalue weighted by atomic mass is 16.5. The molecule has 0 aliphatic heterocycles. The highest BCUT2D eigenvalue weighted by molar-refractivity contribution is 5.90. The number of aryl methyl sites for hydroxylation is 1. The molecule has 1 fully saturated rings. The summed E-state index contributed by atoms with van der Waals surface area (Å²) in [5, 5.41) is 0. The van der Waals surface area contributed by atoms with Crippen LogP contribution < -0.4 is 10.5 Å². The first-order chi connectivity index (χ1) is 9.05. The lowest BCUT2D eigenvalue weighted by Crippen LogP contribution is -2.50. The molecule has 0 saturated heterocycles. The van der Waals surface area contributed by atoms with E-state index in [1.165, 1.54) is 6.42 Å². The van der Waals surface area contributed by atoms with Crippen molar-refractivity contribution < 1.29 is 9.53 Å². The molecule has 1 aliphatic rings. The summed E-state index contributed by atoms with van der Waals surface area (Å²) >= 11 is 0. The first-order valence-corrected chi connectivity index (χ1v) is 7.01. The van der Waals surface area contributed by atoms with Crippen molar-refractivity contribution in [2.24, 2.45) is 5.73 Å². The molecule has 19 heavy (non-hydrogen) atoms. The summed E-state index contributed by atoms with van der Waals surface area (Å²) in [7, 11) is 1.64. The Morgan fingerprint density at radius 1 is 1.32 bits per heavy atom. The lowest BCUT2D eigenvalue weighted by Gasteiger charge is -2.32. The van der Waals surface area contributed by atoms with E-state index in [1.54, 1.807) is 7.11 Å². The van der Waals surface area contributed by atoms with Gasteiger partial charge in [-0.3, -0.25) is 4.79 Å². The third-order valence-electron chi connectivity index (χ3n) is 4.09. The molecule has 2 N–H and O–H groups in total. The summed E-state index contributed by atoms with van der Waals surface area (Å²) in [6, 6.07) is 5.93. The zero-order valence-corrected chi connectivity index (χ0v) is 11.9. The summed E-state index contributed by atoms with van der Waals surface area (Å²) in [6.07, 6.45) is 5.33. The quantitative estimate of drug-likeness (QED) is 0.906. The highest BCUT2D eigenvalue weighted by Crippen LogP contribution is 2.29. The maximum Gasteiger partial charge on any atom is 0.157 e. The van der Waals surface area contributed by atoms with Crippen LogP contribution in [0.5, 0.6) is 5.75 Å². The predicted octanol–water partition coefficient (Wildman–Crippen LogP) is 2.78. The van der Waals surface area contributed by atoms with Crippen LogP contribution in [-0.4, -0.2) is 18.4 Å². The van der Waals surface area contributed by atoms with Crippen molar-refractivity contribution in [3.05, 3.63) is 29.3 Å². The Bertz CT molecular complexity index is 462. The Hall–Kier alpha value is -1.35. The molecule has 104 valence electrons. The maximum atomic E-state index is 12.5. The number of carbonyl (C=O) groups is 1. The molecule has 3 nitrogen and oxygen atoms in total. The molecule has 0 bridgehead atoms. The van der Waals surface area contributed by atoms with Gasteiger partial charge in [-0.25, -0.2) is 0 Å². The van der Waals surface area contributed by atoms with Gasteiger partial charge in [0.05, 0.1) is 12.6 Å². The first-order valence-electron chi connectivity index (χ1n) is 7.01. The van der Waals surface area contributed by atoms with E-state index in [4.69, 9.17) is 10.5 Å². The topological polar surface area (TPSA) is 52.3 Å². The van der Waals surface area contributed by atoms with E-state index in [-0.39, 0.29) is 5.78 Å². The molecule has 0 heterocycles. The number of hydrogen-bond donors (Lipinski definition) is 1. The molecule has 1 saturated carbocycles. The van der Waals surface area contributed by atoms with Gasteiger partial charge in [-0.1, -0.05) is 37.0 Å². The van der Waals surface area contributed by atoms with E-state index in [1.807, 2.05) is 25.1 Å². The molecule has 1 aliphatic carbocycles. The van der Waals surface area contributed by atoms with Crippen LogP contribution in [-0.2, 0) is 11.2 Å². The Labute approximate surface area is 115 Å². The van der Waals surface area contributed by atoms with Crippen molar-refractivity contribution in [3.8, 4) is 5.75 Å². The Kier molecular flexibility index (Phi) is 4.25. The molecular weight excluding hydrogens is 238 g/mol. The number of Topliss-reactive ketones (excluding diaryl/α,β-unsaturated/α-hetero) is 1. The van der Waals surface area contributed by atoms with Gasteiger partial charge in [-0.2, -0.15) is 0 Å². The molecule has 1 aromatic rings. The van der Waals surface area contributed by atoms with E-state index < -0.39 is 5.54 Å². The number of nitrogens with two attached hydrogens (primary N) is 1. The minimum Gasteiger partial charge on any atom is -0.496 e.